The first-order chi connectivity index (χ1) is 11.2. The van der Waals surface area contributed by atoms with Gasteiger partial charge in [-0.05, 0) is 36.2 Å². The van der Waals surface area contributed by atoms with Crippen LogP contribution in [0.4, 0.5) is 5.69 Å². The highest BCUT2D eigenvalue weighted by Crippen LogP contribution is 2.21. The first kappa shape index (κ1) is 15.7. The number of halogens is 1. The minimum Gasteiger partial charge on any atom is -0.382 e. The number of aryl methyl sites for hydroxylation is 1. The summed E-state index contributed by atoms with van der Waals surface area (Å²) in [6.45, 7) is 2.10. The summed E-state index contributed by atoms with van der Waals surface area (Å²) < 4.78 is 0.974. The highest BCUT2D eigenvalue weighted by atomic mass is 79.9. The van der Waals surface area contributed by atoms with Crippen molar-refractivity contribution in [2.45, 2.75) is 25.9 Å². The third-order valence-electron chi connectivity index (χ3n) is 3.75. The average Bonchev–Trinajstić information content (AvgIpc) is 3.06. The molecule has 0 bridgehead atoms. The first-order valence-electron chi connectivity index (χ1n) is 7.54. The lowest BCUT2D eigenvalue weighted by atomic mass is 10.0. The highest BCUT2D eigenvalue weighted by Gasteiger charge is 2.29. The molecule has 23 heavy (non-hydrogen) atoms. The van der Waals surface area contributed by atoms with Crippen LogP contribution in [0.3, 0.4) is 0 Å². The maximum absolute atomic E-state index is 12.3. The summed E-state index contributed by atoms with van der Waals surface area (Å²) in [5.74, 6) is -0.178. The lowest BCUT2D eigenvalue weighted by molar-refractivity contribution is -0.125. The Morgan fingerprint density at radius 2 is 2.09 bits per heavy atom. The molecule has 0 radical (unpaired) electrons. The summed E-state index contributed by atoms with van der Waals surface area (Å²) in [6, 6.07) is 15.6. The number of carbonyl (C=O) groups is 1. The molecule has 0 aliphatic carbocycles. The second-order valence-electron chi connectivity index (χ2n) is 5.39. The quantitative estimate of drug-likeness (QED) is 0.876. The molecule has 2 aromatic carbocycles. The molecule has 1 atom stereocenters. The van der Waals surface area contributed by atoms with Crippen LogP contribution in [-0.4, -0.2) is 17.7 Å². The van der Waals surface area contributed by atoms with Gasteiger partial charge >= 0.3 is 0 Å². The zero-order chi connectivity index (χ0) is 16.2. The Bertz CT molecular complexity index is 741. The van der Waals surface area contributed by atoms with E-state index in [1.54, 1.807) is 0 Å². The summed E-state index contributed by atoms with van der Waals surface area (Å²) in [6.07, 6.45) is 0.855. The maximum Gasteiger partial charge on any atom is 0.268 e. The van der Waals surface area contributed by atoms with Crippen LogP contribution in [-0.2, 0) is 16.1 Å². The third kappa shape index (κ3) is 3.79. The smallest absolute Gasteiger partial charge is 0.268 e. The van der Waals surface area contributed by atoms with Crippen molar-refractivity contribution in [3.63, 3.8) is 0 Å². The Balaban J connectivity index is 1.62. The molecule has 0 aromatic heterocycles. The molecule has 118 valence electrons. The second kappa shape index (κ2) is 6.96. The predicted octanol–water partition coefficient (Wildman–Crippen LogP) is 4.14. The number of benzene rings is 2. The fourth-order valence-corrected chi connectivity index (χ4v) is 2.80. The van der Waals surface area contributed by atoms with Gasteiger partial charge in [-0.15, -0.1) is 0 Å². The van der Waals surface area contributed by atoms with E-state index in [4.69, 9.17) is 4.84 Å². The monoisotopic (exact) mass is 372 g/mol. The van der Waals surface area contributed by atoms with E-state index in [0.29, 0.717) is 6.42 Å². The number of rotatable bonds is 4. The number of nitrogens with zero attached hydrogens (tertiary/aromatic N) is 1. The van der Waals surface area contributed by atoms with Crippen molar-refractivity contribution in [3.8, 4) is 0 Å². The van der Waals surface area contributed by atoms with E-state index in [0.717, 1.165) is 27.9 Å². The number of nitrogens with one attached hydrogen (secondary N) is 1. The number of anilines is 1. The summed E-state index contributed by atoms with van der Waals surface area (Å²) in [5, 5.41) is 6.93. The van der Waals surface area contributed by atoms with Crippen LogP contribution in [0.2, 0.25) is 0 Å². The zero-order valence-electron chi connectivity index (χ0n) is 12.8. The van der Waals surface area contributed by atoms with Gasteiger partial charge in [-0.25, -0.2) is 0 Å². The molecule has 0 fully saturated rings. The number of hydrogen-bond donors (Lipinski definition) is 1. The van der Waals surface area contributed by atoms with Crippen LogP contribution in [0.1, 0.15) is 24.5 Å². The molecule has 1 aliphatic heterocycles. The standard InChI is InChI=1S/C18H17BrN2O2/c1-2-12-6-8-15(9-7-12)20-18(22)17-11-16(21-23-17)13-4-3-5-14(19)10-13/h3-10,17H,2,11H2,1H3,(H,20,22). The fourth-order valence-electron chi connectivity index (χ4n) is 2.40. The molecule has 1 aliphatic rings. The molecular formula is C18H17BrN2O2. The summed E-state index contributed by atoms with van der Waals surface area (Å²) in [7, 11) is 0. The van der Waals surface area contributed by atoms with E-state index in [-0.39, 0.29) is 5.91 Å². The Morgan fingerprint density at radius 3 is 2.78 bits per heavy atom. The third-order valence-corrected chi connectivity index (χ3v) is 4.24. The van der Waals surface area contributed by atoms with Gasteiger partial charge in [-0.2, -0.15) is 0 Å². The topological polar surface area (TPSA) is 50.7 Å². The lowest BCUT2D eigenvalue weighted by Crippen LogP contribution is -2.28. The Hall–Kier alpha value is -2.14. The van der Waals surface area contributed by atoms with Gasteiger partial charge in [0.2, 0.25) is 6.10 Å². The summed E-state index contributed by atoms with van der Waals surface area (Å²) >= 11 is 3.43. The fraction of sp³-hybridized carbons (Fsp3) is 0.222. The van der Waals surface area contributed by atoms with Gasteiger partial charge in [-0.3, -0.25) is 4.79 Å². The molecule has 1 N–H and O–H groups in total. The van der Waals surface area contributed by atoms with Crippen LogP contribution in [0.5, 0.6) is 0 Å². The molecule has 0 saturated carbocycles. The van der Waals surface area contributed by atoms with Gasteiger partial charge in [0, 0.05) is 22.1 Å². The van der Waals surface area contributed by atoms with E-state index in [1.807, 2.05) is 48.5 Å². The van der Waals surface area contributed by atoms with E-state index >= 15 is 0 Å². The van der Waals surface area contributed by atoms with Crippen molar-refractivity contribution in [1.29, 1.82) is 0 Å². The Morgan fingerprint density at radius 1 is 1.30 bits per heavy atom. The molecule has 1 amide bonds. The van der Waals surface area contributed by atoms with Crippen molar-refractivity contribution >= 4 is 33.2 Å². The van der Waals surface area contributed by atoms with Crippen molar-refractivity contribution in [2.24, 2.45) is 5.16 Å². The van der Waals surface area contributed by atoms with Gasteiger partial charge in [0.1, 0.15) is 0 Å². The number of oxime groups is 1. The number of hydrogen-bond acceptors (Lipinski definition) is 3. The normalized spacial score (nSPS) is 16.6. The van der Waals surface area contributed by atoms with Crippen molar-refractivity contribution < 1.29 is 9.63 Å². The number of amides is 1. The second-order valence-corrected chi connectivity index (χ2v) is 6.30. The van der Waals surface area contributed by atoms with E-state index in [9.17, 15) is 4.79 Å². The van der Waals surface area contributed by atoms with Crippen LogP contribution < -0.4 is 5.32 Å². The first-order valence-corrected chi connectivity index (χ1v) is 8.33. The van der Waals surface area contributed by atoms with Gasteiger partial charge in [0.15, 0.2) is 0 Å². The summed E-state index contributed by atoms with van der Waals surface area (Å²) in [4.78, 5) is 17.6. The van der Waals surface area contributed by atoms with Gasteiger partial charge < -0.3 is 10.2 Å². The van der Waals surface area contributed by atoms with Crippen LogP contribution in [0.15, 0.2) is 58.2 Å². The molecule has 0 saturated heterocycles. The van der Waals surface area contributed by atoms with Crippen LogP contribution in [0, 0.1) is 0 Å². The maximum atomic E-state index is 12.3. The van der Waals surface area contributed by atoms with E-state index in [2.05, 4.69) is 33.3 Å². The van der Waals surface area contributed by atoms with E-state index < -0.39 is 6.10 Å². The van der Waals surface area contributed by atoms with Crippen LogP contribution >= 0.6 is 15.9 Å². The van der Waals surface area contributed by atoms with Gasteiger partial charge in [0.25, 0.3) is 5.91 Å². The molecule has 1 unspecified atom stereocenters. The van der Waals surface area contributed by atoms with Gasteiger partial charge in [0.05, 0.1) is 5.71 Å². The van der Waals surface area contributed by atoms with Crippen molar-refractivity contribution in [2.75, 3.05) is 5.32 Å². The molecule has 1 heterocycles. The van der Waals surface area contributed by atoms with Crippen molar-refractivity contribution in [1.82, 2.24) is 0 Å². The van der Waals surface area contributed by atoms with Crippen molar-refractivity contribution in [3.05, 3.63) is 64.1 Å². The molecule has 3 rings (SSSR count). The highest BCUT2D eigenvalue weighted by molar-refractivity contribution is 9.10. The molecule has 4 nitrogen and oxygen atoms in total. The largest absolute Gasteiger partial charge is 0.382 e. The minimum atomic E-state index is -0.588. The molecule has 0 spiro atoms. The predicted molar refractivity (Wildman–Crippen MR) is 94.6 cm³/mol. The lowest BCUT2D eigenvalue weighted by Gasteiger charge is -2.10. The molecular weight excluding hydrogens is 356 g/mol. The Kier molecular flexibility index (Phi) is 4.76. The van der Waals surface area contributed by atoms with Crippen LogP contribution in [0.25, 0.3) is 0 Å². The average molecular weight is 373 g/mol. The van der Waals surface area contributed by atoms with Gasteiger partial charge in [-0.1, -0.05) is 52.3 Å². The Labute approximate surface area is 143 Å². The minimum absolute atomic E-state index is 0.178. The zero-order valence-corrected chi connectivity index (χ0v) is 14.3. The molecule has 5 heteroatoms. The number of carbonyl (C=O) groups excluding carboxylic acids is 1. The molecule has 2 aromatic rings. The van der Waals surface area contributed by atoms with E-state index in [1.165, 1.54) is 5.56 Å². The summed E-state index contributed by atoms with van der Waals surface area (Å²) in [5.41, 5.74) is 3.75. The SMILES string of the molecule is CCc1ccc(NC(=O)C2CC(c3cccc(Br)c3)=NO2)cc1.